The maximum Gasteiger partial charge on any atom is 0.338 e. The van der Waals surface area contributed by atoms with Gasteiger partial charge in [0.1, 0.15) is 23.9 Å². The average molecular weight is 389 g/mol. The molecule has 1 saturated heterocycles. The lowest BCUT2D eigenvalue weighted by atomic mass is 9.57. The first-order valence-electron chi connectivity index (χ1n) is 8.09. The van der Waals surface area contributed by atoms with Gasteiger partial charge in [0.25, 0.3) is 0 Å². The predicted octanol–water partition coefficient (Wildman–Crippen LogP) is -1.13. The van der Waals surface area contributed by atoms with Gasteiger partial charge in [-0.25, -0.2) is 9.63 Å². The quantitative estimate of drug-likeness (QED) is 0.317. The summed E-state index contributed by atoms with van der Waals surface area (Å²) >= 11 is 5.56. The Hall–Kier alpha value is -1.46. The molecule has 0 aromatic heterocycles. The number of amides is 2. The molecule has 1 saturated carbocycles. The number of nitrogens with two attached hydrogens (primary N) is 1. The summed E-state index contributed by atoms with van der Waals surface area (Å²) in [4.78, 5) is 16.5. The topological polar surface area (TPSA) is 146 Å². The number of benzene rings is 1. The number of hydroxylamine groups is 2. The number of fused-ring (bicyclic) bond motifs is 1. The van der Waals surface area contributed by atoms with Crippen LogP contribution in [0.25, 0.3) is 0 Å². The molecular formula is C16H21ClN2O7. The molecule has 2 amide bonds. The fourth-order valence-electron chi connectivity index (χ4n) is 3.60. The van der Waals surface area contributed by atoms with Crippen LogP contribution in [0, 0.1) is 0 Å². The van der Waals surface area contributed by atoms with Crippen molar-refractivity contribution in [2.24, 2.45) is 5.73 Å². The summed E-state index contributed by atoms with van der Waals surface area (Å²) in [6.45, 7) is -0.0797. The number of urea groups is 1. The van der Waals surface area contributed by atoms with Crippen molar-refractivity contribution in [2.75, 3.05) is 12.4 Å². The Kier molecular flexibility index (Phi) is 5.40. The van der Waals surface area contributed by atoms with Crippen molar-refractivity contribution in [2.45, 2.75) is 42.2 Å². The van der Waals surface area contributed by atoms with Crippen LogP contribution >= 0.6 is 11.6 Å². The fraction of sp³-hybridized carbons (Fsp3) is 0.562. The Balaban J connectivity index is 1.80. The van der Waals surface area contributed by atoms with Gasteiger partial charge in [0.2, 0.25) is 6.29 Å². The number of aliphatic hydroxyl groups is 4. The molecule has 1 aromatic carbocycles. The summed E-state index contributed by atoms with van der Waals surface area (Å²) < 4.78 is 5.44. The maximum atomic E-state index is 11.3. The highest BCUT2D eigenvalue weighted by molar-refractivity contribution is 6.18. The van der Waals surface area contributed by atoms with E-state index in [-0.39, 0.29) is 12.4 Å². The minimum absolute atomic E-state index is 0.0143. The lowest BCUT2D eigenvalue weighted by Gasteiger charge is -2.61. The number of halogens is 1. The predicted molar refractivity (Wildman–Crippen MR) is 88.9 cm³/mol. The van der Waals surface area contributed by atoms with Crippen molar-refractivity contribution < 1.29 is 34.8 Å². The largest absolute Gasteiger partial charge is 0.390 e. The molecule has 144 valence electrons. The van der Waals surface area contributed by atoms with Gasteiger partial charge < -0.3 is 30.9 Å². The molecule has 1 heterocycles. The summed E-state index contributed by atoms with van der Waals surface area (Å²) in [7, 11) is 0. The summed E-state index contributed by atoms with van der Waals surface area (Å²) in [6.07, 6.45) is -7.26. The monoisotopic (exact) mass is 388 g/mol. The third-order valence-corrected chi connectivity index (χ3v) is 5.05. The highest BCUT2D eigenvalue weighted by Gasteiger charge is 2.71. The van der Waals surface area contributed by atoms with Gasteiger partial charge in [-0.15, -0.1) is 11.6 Å². The van der Waals surface area contributed by atoms with Gasteiger partial charge in [-0.1, -0.05) is 30.3 Å². The van der Waals surface area contributed by atoms with Crippen LogP contribution in [0.5, 0.6) is 0 Å². The molecule has 26 heavy (non-hydrogen) atoms. The molecule has 3 unspecified atom stereocenters. The molecule has 0 radical (unpaired) electrons. The van der Waals surface area contributed by atoms with Crippen LogP contribution in [0.4, 0.5) is 4.79 Å². The number of carbonyl (C=O) groups is 1. The number of ether oxygens (including phenoxy) is 1. The second-order valence-corrected chi connectivity index (χ2v) is 6.74. The van der Waals surface area contributed by atoms with E-state index in [0.717, 1.165) is 0 Å². The SMILES string of the molecule is NC(=O)N(CCCl)OC1O[C@@H]2C(O)C(c3ccccc3)[C@]2(O)[C@H](O)[C@H]1O. The number of aliphatic hydroxyl groups excluding tert-OH is 3. The van der Waals surface area contributed by atoms with Crippen LogP contribution in [0.1, 0.15) is 11.5 Å². The molecule has 7 atom stereocenters. The number of primary amides is 1. The van der Waals surface area contributed by atoms with E-state index in [2.05, 4.69) is 0 Å². The van der Waals surface area contributed by atoms with Crippen LogP contribution < -0.4 is 5.73 Å². The van der Waals surface area contributed by atoms with Crippen LogP contribution in [-0.4, -0.2) is 80.3 Å². The summed E-state index contributed by atoms with van der Waals surface area (Å²) in [5.41, 5.74) is 3.83. The molecule has 1 aromatic rings. The molecule has 2 fully saturated rings. The Morgan fingerprint density at radius 3 is 2.50 bits per heavy atom. The van der Waals surface area contributed by atoms with E-state index in [4.69, 9.17) is 26.9 Å². The van der Waals surface area contributed by atoms with Gasteiger partial charge in [0, 0.05) is 11.8 Å². The zero-order valence-electron chi connectivity index (χ0n) is 13.7. The molecule has 0 spiro atoms. The molecule has 1 aliphatic carbocycles. The van der Waals surface area contributed by atoms with Gasteiger partial charge in [-0.05, 0) is 5.56 Å². The Bertz CT molecular complexity index is 647. The number of hydrogen-bond acceptors (Lipinski definition) is 7. The molecule has 9 nitrogen and oxygen atoms in total. The smallest absolute Gasteiger partial charge is 0.338 e. The zero-order valence-corrected chi connectivity index (χ0v) is 14.4. The number of alkyl halides is 1. The van der Waals surface area contributed by atoms with Crippen LogP contribution in [0.15, 0.2) is 30.3 Å². The van der Waals surface area contributed by atoms with E-state index < -0.39 is 48.3 Å². The van der Waals surface area contributed by atoms with Crippen LogP contribution in [0.3, 0.4) is 0 Å². The number of carbonyl (C=O) groups excluding carboxylic acids is 1. The van der Waals surface area contributed by atoms with Crippen molar-refractivity contribution in [1.82, 2.24) is 5.06 Å². The van der Waals surface area contributed by atoms with Gasteiger partial charge in [-0.2, -0.15) is 5.06 Å². The van der Waals surface area contributed by atoms with Crippen molar-refractivity contribution in [1.29, 1.82) is 0 Å². The molecule has 2 aliphatic rings. The van der Waals surface area contributed by atoms with Gasteiger partial charge in [0.05, 0.1) is 12.6 Å². The van der Waals surface area contributed by atoms with Gasteiger partial charge in [-0.3, -0.25) is 0 Å². The highest BCUT2D eigenvalue weighted by atomic mass is 35.5. The van der Waals surface area contributed by atoms with Crippen molar-refractivity contribution in [3.05, 3.63) is 35.9 Å². The molecule has 1 aliphatic heterocycles. The summed E-state index contributed by atoms with van der Waals surface area (Å²) in [6, 6.07) is 7.66. The first-order valence-corrected chi connectivity index (χ1v) is 8.62. The Labute approximate surface area is 154 Å². The number of nitrogens with zero attached hydrogens (tertiary/aromatic N) is 1. The third-order valence-electron chi connectivity index (χ3n) is 4.89. The summed E-state index contributed by atoms with van der Waals surface area (Å²) in [5.74, 6) is -0.838. The number of rotatable bonds is 5. The zero-order chi connectivity index (χ0) is 19.1. The second kappa shape index (κ2) is 7.28. The lowest BCUT2D eigenvalue weighted by Crippen LogP contribution is -2.80. The van der Waals surface area contributed by atoms with Crippen molar-refractivity contribution in [3.63, 3.8) is 0 Å². The van der Waals surface area contributed by atoms with Crippen LogP contribution in [-0.2, 0) is 9.57 Å². The molecular weight excluding hydrogens is 368 g/mol. The van der Waals surface area contributed by atoms with E-state index in [9.17, 15) is 25.2 Å². The minimum atomic E-state index is -1.91. The highest BCUT2D eigenvalue weighted by Crippen LogP contribution is 2.53. The van der Waals surface area contributed by atoms with E-state index in [1.807, 2.05) is 0 Å². The maximum absolute atomic E-state index is 11.3. The first-order chi connectivity index (χ1) is 12.3. The molecule has 6 N–H and O–H groups in total. The average Bonchev–Trinajstić information content (AvgIpc) is 2.62. The van der Waals surface area contributed by atoms with Gasteiger partial charge >= 0.3 is 6.03 Å². The molecule has 10 heteroatoms. The van der Waals surface area contributed by atoms with E-state index in [1.165, 1.54) is 0 Å². The Morgan fingerprint density at radius 2 is 1.92 bits per heavy atom. The van der Waals surface area contributed by atoms with Gasteiger partial charge in [0.15, 0.2) is 0 Å². The second-order valence-electron chi connectivity index (χ2n) is 6.36. The molecule has 0 bridgehead atoms. The van der Waals surface area contributed by atoms with Crippen molar-refractivity contribution >= 4 is 17.6 Å². The van der Waals surface area contributed by atoms with E-state index in [0.29, 0.717) is 10.6 Å². The van der Waals surface area contributed by atoms with E-state index >= 15 is 0 Å². The van der Waals surface area contributed by atoms with E-state index in [1.54, 1.807) is 30.3 Å². The Morgan fingerprint density at radius 1 is 1.27 bits per heavy atom. The summed E-state index contributed by atoms with van der Waals surface area (Å²) in [5, 5.41) is 42.9. The fourth-order valence-corrected chi connectivity index (χ4v) is 3.75. The first kappa shape index (κ1) is 19.3. The minimum Gasteiger partial charge on any atom is -0.390 e. The van der Waals surface area contributed by atoms with Crippen LogP contribution in [0.2, 0.25) is 0 Å². The standard InChI is InChI=1S/C16H21ClN2O7/c17-6-7-19(15(18)23)26-14-11(21)12(22)16(24)9(10(20)13(16)25-14)8-4-2-1-3-5-8/h1-5,9-14,20-22,24H,6-7H2,(H2,18,23)/t9?,10?,11-,12-,13-,14?,16+/m1/s1. The number of hydrogen-bond donors (Lipinski definition) is 5. The third kappa shape index (κ3) is 2.95. The lowest BCUT2D eigenvalue weighted by molar-refractivity contribution is -0.410. The van der Waals surface area contributed by atoms with Crippen molar-refractivity contribution in [3.8, 4) is 0 Å². The normalized spacial score (nSPS) is 39.0. The molecule has 3 rings (SSSR count).